The number of anilines is 2. The Morgan fingerprint density at radius 2 is 2.25 bits per heavy atom. The molecule has 0 unspecified atom stereocenters. The summed E-state index contributed by atoms with van der Waals surface area (Å²) >= 11 is 0. The van der Waals surface area contributed by atoms with Crippen LogP contribution in [-0.2, 0) is 4.79 Å². The standard InChI is InChI=1S/C11H18N4O/c1-2-3-11(16)14-7-6-13-9-4-5-10(12)15-8-9/h4-5,8,13H,2-3,6-7H2,1H3,(H2,12,15)(H,14,16). The van der Waals surface area contributed by atoms with Crippen LogP contribution in [0.25, 0.3) is 0 Å². The first-order valence-corrected chi connectivity index (χ1v) is 5.44. The van der Waals surface area contributed by atoms with E-state index < -0.39 is 0 Å². The highest BCUT2D eigenvalue weighted by Gasteiger charge is 1.97. The third kappa shape index (κ3) is 4.63. The van der Waals surface area contributed by atoms with Gasteiger partial charge in [-0.1, -0.05) is 6.92 Å². The van der Waals surface area contributed by atoms with Gasteiger partial charge in [-0.15, -0.1) is 0 Å². The van der Waals surface area contributed by atoms with Gasteiger partial charge in [-0.3, -0.25) is 4.79 Å². The van der Waals surface area contributed by atoms with Crippen molar-refractivity contribution in [2.75, 3.05) is 24.1 Å². The monoisotopic (exact) mass is 222 g/mol. The van der Waals surface area contributed by atoms with Crippen LogP contribution in [0.1, 0.15) is 19.8 Å². The zero-order valence-corrected chi connectivity index (χ0v) is 9.49. The summed E-state index contributed by atoms with van der Waals surface area (Å²) < 4.78 is 0. The van der Waals surface area contributed by atoms with Gasteiger partial charge in [-0.05, 0) is 18.6 Å². The topological polar surface area (TPSA) is 80.0 Å². The second-order valence-corrected chi connectivity index (χ2v) is 3.50. The molecule has 88 valence electrons. The number of hydrogen-bond donors (Lipinski definition) is 3. The van der Waals surface area contributed by atoms with Crippen LogP contribution in [0.15, 0.2) is 18.3 Å². The molecule has 0 aliphatic carbocycles. The van der Waals surface area contributed by atoms with E-state index in [-0.39, 0.29) is 5.91 Å². The van der Waals surface area contributed by atoms with Crippen LogP contribution in [0.2, 0.25) is 0 Å². The van der Waals surface area contributed by atoms with Gasteiger partial charge in [0.2, 0.25) is 5.91 Å². The number of carbonyl (C=O) groups excluding carboxylic acids is 1. The molecular formula is C11H18N4O. The van der Waals surface area contributed by atoms with E-state index in [1.807, 2.05) is 13.0 Å². The Hall–Kier alpha value is -1.78. The van der Waals surface area contributed by atoms with Gasteiger partial charge in [0.1, 0.15) is 5.82 Å². The lowest BCUT2D eigenvalue weighted by Gasteiger charge is -2.07. The van der Waals surface area contributed by atoms with Gasteiger partial charge in [0.15, 0.2) is 0 Å². The van der Waals surface area contributed by atoms with E-state index in [1.165, 1.54) is 0 Å². The number of pyridine rings is 1. The van der Waals surface area contributed by atoms with Crippen molar-refractivity contribution in [3.05, 3.63) is 18.3 Å². The smallest absolute Gasteiger partial charge is 0.220 e. The summed E-state index contributed by atoms with van der Waals surface area (Å²) in [5.74, 6) is 0.599. The maximum absolute atomic E-state index is 11.1. The molecular weight excluding hydrogens is 204 g/mol. The molecule has 0 aliphatic rings. The summed E-state index contributed by atoms with van der Waals surface area (Å²) in [6.07, 6.45) is 3.13. The van der Waals surface area contributed by atoms with Crippen molar-refractivity contribution in [1.29, 1.82) is 0 Å². The molecule has 0 radical (unpaired) electrons. The van der Waals surface area contributed by atoms with Crippen LogP contribution in [0.5, 0.6) is 0 Å². The summed E-state index contributed by atoms with van der Waals surface area (Å²) in [6, 6.07) is 3.59. The highest BCUT2D eigenvalue weighted by molar-refractivity contribution is 5.75. The molecule has 0 saturated heterocycles. The third-order valence-corrected chi connectivity index (χ3v) is 2.04. The quantitative estimate of drug-likeness (QED) is 0.627. The molecule has 0 aliphatic heterocycles. The average molecular weight is 222 g/mol. The molecule has 1 aromatic heterocycles. The molecule has 0 bridgehead atoms. The van der Waals surface area contributed by atoms with Gasteiger partial charge in [0.05, 0.1) is 11.9 Å². The van der Waals surface area contributed by atoms with Gasteiger partial charge in [-0.25, -0.2) is 4.98 Å². The van der Waals surface area contributed by atoms with Crippen LogP contribution in [0.3, 0.4) is 0 Å². The Balaban J connectivity index is 2.16. The van der Waals surface area contributed by atoms with Gasteiger partial charge >= 0.3 is 0 Å². The molecule has 1 heterocycles. The van der Waals surface area contributed by atoms with E-state index in [4.69, 9.17) is 5.73 Å². The number of rotatable bonds is 6. The largest absolute Gasteiger partial charge is 0.384 e. The van der Waals surface area contributed by atoms with E-state index in [1.54, 1.807) is 12.3 Å². The summed E-state index contributed by atoms with van der Waals surface area (Å²) in [4.78, 5) is 15.1. The van der Waals surface area contributed by atoms with Crippen molar-refractivity contribution in [1.82, 2.24) is 10.3 Å². The Morgan fingerprint density at radius 1 is 1.44 bits per heavy atom. The lowest BCUT2D eigenvalue weighted by Crippen LogP contribution is -2.28. The van der Waals surface area contributed by atoms with Crippen molar-refractivity contribution in [3.8, 4) is 0 Å². The molecule has 0 spiro atoms. The number of nitrogens with two attached hydrogens (primary N) is 1. The Bertz CT molecular complexity index is 323. The highest BCUT2D eigenvalue weighted by atomic mass is 16.1. The SMILES string of the molecule is CCCC(=O)NCCNc1ccc(N)nc1. The van der Waals surface area contributed by atoms with Crippen molar-refractivity contribution in [2.45, 2.75) is 19.8 Å². The van der Waals surface area contributed by atoms with Crippen molar-refractivity contribution < 1.29 is 4.79 Å². The first-order valence-electron chi connectivity index (χ1n) is 5.44. The number of carbonyl (C=O) groups is 1. The van der Waals surface area contributed by atoms with E-state index in [9.17, 15) is 4.79 Å². The van der Waals surface area contributed by atoms with Crippen LogP contribution < -0.4 is 16.4 Å². The third-order valence-electron chi connectivity index (χ3n) is 2.04. The number of amides is 1. The first-order chi connectivity index (χ1) is 7.72. The summed E-state index contributed by atoms with van der Waals surface area (Å²) in [5, 5.41) is 5.96. The van der Waals surface area contributed by atoms with Crippen molar-refractivity contribution in [2.24, 2.45) is 0 Å². The summed E-state index contributed by atoms with van der Waals surface area (Å²) in [5.41, 5.74) is 6.36. The average Bonchev–Trinajstić information content (AvgIpc) is 2.27. The molecule has 4 N–H and O–H groups in total. The number of hydrogen-bond acceptors (Lipinski definition) is 4. The predicted octanol–water partition coefficient (Wildman–Crippen LogP) is 0.992. The minimum Gasteiger partial charge on any atom is -0.384 e. The van der Waals surface area contributed by atoms with Gasteiger partial charge in [0, 0.05) is 19.5 Å². The van der Waals surface area contributed by atoms with E-state index in [2.05, 4.69) is 15.6 Å². The lowest BCUT2D eigenvalue weighted by atomic mass is 10.3. The van der Waals surface area contributed by atoms with Gasteiger partial charge in [-0.2, -0.15) is 0 Å². The fourth-order valence-electron chi connectivity index (χ4n) is 1.23. The second-order valence-electron chi connectivity index (χ2n) is 3.50. The number of nitrogen functional groups attached to an aromatic ring is 1. The van der Waals surface area contributed by atoms with Crippen molar-refractivity contribution in [3.63, 3.8) is 0 Å². The molecule has 1 amide bonds. The number of nitrogens with one attached hydrogen (secondary N) is 2. The van der Waals surface area contributed by atoms with Gasteiger partial charge in [0.25, 0.3) is 0 Å². The zero-order valence-electron chi connectivity index (χ0n) is 9.49. The molecule has 0 saturated carbocycles. The molecule has 16 heavy (non-hydrogen) atoms. The summed E-state index contributed by atoms with van der Waals surface area (Å²) in [7, 11) is 0. The zero-order chi connectivity index (χ0) is 11.8. The van der Waals surface area contributed by atoms with Crippen molar-refractivity contribution >= 4 is 17.4 Å². The normalized spacial score (nSPS) is 9.81. The van der Waals surface area contributed by atoms with E-state index in [0.29, 0.717) is 25.3 Å². The lowest BCUT2D eigenvalue weighted by molar-refractivity contribution is -0.121. The Morgan fingerprint density at radius 3 is 2.88 bits per heavy atom. The Kier molecular flexibility index (Phi) is 5.11. The minimum atomic E-state index is 0.0970. The molecule has 0 atom stereocenters. The van der Waals surface area contributed by atoms with Gasteiger partial charge < -0.3 is 16.4 Å². The van der Waals surface area contributed by atoms with E-state index >= 15 is 0 Å². The molecule has 0 aromatic carbocycles. The second kappa shape index (κ2) is 6.66. The summed E-state index contributed by atoms with van der Waals surface area (Å²) in [6.45, 7) is 3.28. The highest BCUT2D eigenvalue weighted by Crippen LogP contribution is 2.05. The fourth-order valence-corrected chi connectivity index (χ4v) is 1.23. The van der Waals surface area contributed by atoms with Crippen LogP contribution in [-0.4, -0.2) is 24.0 Å². The maximum Gasteiger partial charge on any atom is 0.220 e. The molecule has 0 fully saturated rings. The Labute approximate surface area is 95.4 Å². The first kappa shape index (κ1) is 12.3. The molecule has 1 rings (SSSR count). The molecule has 5 heteroatoms. The van der Waals surface area contributed by atoms with Crippen LogP contribution >= 0.6 is 0 Å². The maximum atomic E-state index is 11.1. The number of nitrogens with zero attached hydrogens (tertiary/aromatic N) is 1. The van der Waals surface area contributed by atoms with Crippen LogP contribution in [0, 0.1) is 0 Å². The molecule has 1 aromatic rings. The molecule has 5 nitrogen and oxygen atoms in total. The van der Waals surface area contributed by atoms with E-state index in [0.717, 1.165) is 12.1 Å². The fraction of sp³-hybridized carbons (Fsp3) is 0.455. The number of aromatic nitrogens is 1. The minimum absolute atomic E-state index is 0.0970. The van der Waals surface area contributed by atoms with Crippen LogP contribution in [0.4, 0.5) is 11.5 Å². The predicted molar refractivity (Wildman–Crippen MR) is 65.1 cm³/mol.